The lowest BCUT2D eigenvalue weighted by Crippen LogP contribution is -2.30. The standard InChI is InChI=1S/C15H12Cl2NO3S/c16-8-7-10-3-1-2-4-13(10)18-15(19)12-6-5-11(17)9-14(12)22(18,20)21/h1-6,9,17H,7-8H2/q+1. The minimum atomic E-state index is -3.94. The number of carbonyl (C=O) groups excluding carboxylic acids is 1. The zero-order valence-electron chi connectivity index (χ0n) is 11.3. The van der Waals surface area contributed by atoms with E-state index in [-0.39, 0.29) is 10.5 Å². The third-order valence-corrected chi connectivity index (χ3v) is 5.64. The molecule has 7 heteroatoms. The number of benzene rings is 2. The number of fused-ring (bicyclic) bond motifs is 1. The Morgan fingerprint density at radius 1 is 1.14 bits per heavy atom. The van der Waals surface area contributed by atoms with Crippen LogP contribution in [-0.2, 0) is 16.4 Å². The highest BCUT2D eigenvalue weighted by Crippen LogP contribution is 2.37. The van der Waals surface area contributed by atoms with Crippen LogP contribution in [0.3, 0.4) is 0 Å². The average Bonchev–Trinajstić information content (AvgIpc) is 2.67. The first-order chi connectivity index (χ1) is 10.5. The average molecular weight is 357 g/mol. The molecule has 0 atom stereocenters. The zero-order valence-corrected chi connectivity index (χ0v) is 13.7. The third-order valence-electron chi connectivity index (χ3n) is 3.46. The molecule has 1 aliphatic heterocycles. The van der Waals surface area contributed by atoms with Crippen molar-refractivity contribution < 1.29 is 24.8 Å². The van der Waals surface area contributed by atoms with E-state index in [1.54, 1.807) is 30.3 Å². The highest BCUT2D eigenvalue weighted by atomic mass is 35.5. The van der Waals surface area contributed by atoms with E-state index in [1.165, 1.54) is 12.1 Å². The zero-order chi connectivity index (χ0) is 15.9. The molecule has 0 radical (unpaired) electrons. The quantitative estimate of drug-likeness (QED) is 0.794. The molecule has 1 amide bonds. The number of sulfonamides is 1. The molecule has 2 aromatic carbocycles. The largest absolute Gasteiger partial charge is 0.273 e. The van der Waals surface area contributed by atoms with Gasteiger partial charge >= 0.3 is 0 Å². The summed E-state index contributed by atoms with van der Waals surface area (Å²) < 4.78 is 26.3. The van der Waals surface area contributed by atoms with Gasteiger partial charge in [0.1, 0.15) is 4.90 Å². The second kappa shape index (κ2) is 5.57. The lowest BCUT2D eigenvalue weighted by atomic mass is 10.1. The maximum Gasteiger partial charge on any atom is 0.273 e. The fourth-order valence-corrected chi connectivity index (χ4v) is 4.59. The molecular formula is C15H12Cl2NO3S+. The summed E-state index contributed by atoms with van der Waals surface area (Å²) in [5.74, 6) is -0.227. The maximum absolute atomic E-state index is 12.7. The van der Waals surface area contributed by atoms with Crippen molar-refractivity contribution in [2.45, 2.75) is 11.3 Å². The molecule has 4 nitrogen and oxygen atoms in total. The van der Waals surface area contributed by atoms with Crippen LogP contribution in [0.15, 0.2) is 47.4 Å². The highest BCUT2D eigenvalue weighted by Gasteiger charge is 2.43. The molecule has 1 heterocycles. The van der Waals surface area contributed by atoms with E-state index in [9.17, 15) is 13.2 Å². The van der Waals surface area contributed by atoms with E-state index in [1.807, 2.05) is 0 Å². The van der Waals surface area contributed by atoms with Gasteiger partial charge in [-0.25, -0.2) is 8.42 Å². The normalized spacial score (nSPS) is 15.9. The fraction of sp³-hybridized carbons (Fsp3) is 0.133. The molecular weight excluding hydrogens is 345 g/mol. The second-order valence-corrected chi connectivity index (χ2v) is 7.40. The van der Waals surface area contributed by atoms with Crippen LogP contribution in [0.1, 0.15) is 15.9 Å². The van der Waals surface area contributed by atoms with Crippen LogP contribution in [0.2, 0.25) is 5.02 Å². The van der Waals surface area contributed by atoms with Crippen molar-refractivity contribution in [3.8, 4) is 0 Å². The van der Waals surface area contributed by atoms with Crippen LogP contribution in [0, 0.1) is 11.6 Å². The number of nitrogens with zero attached hydrogens (tertiary/aromatic N) is 1. The van der Waals surface area contributed by atoms with E-state index >= 15 is 0 Å². The van der Waals surface area contributed by atoms with Gasteiger partial charge in [0.2, 0.25) is 5.02 Å². The number of amides is 1. The van der Waals surface area contributed by atoms with E-state index < -0.39 is 15.9 Å². The monoisotopic (exact) mass is 356 g/mol. The van der Waals surface area contributed by atoms with Crippen LogP contribution in [-0.4, -0.2) is 20.2 Å². The number of aryl methyl sites for hydroxylation is 1. The molecule has 0 aliphatic carbocycles. The SMILES string of the molecule is O=C1c2ccc([ClH+])cc2S(=O)(=O)N1c1ccccc1CCCl. The van der Waals surface area contributed by atoms with Crippen molar-refractivity contribution >= 4 is 33.2 Å². The Bertz CT molecular complexity index is 865. The number of hydrogen-bond acceptors (Lipinski definition) is 3. The van der Waals surface area contributed by atoms with E-state index in [2.05, 4.69) is 0 Å². The van der Waals surface area contributed by atoms with Gasteiger partial charge in [-0.2, -0.15) is 4.31 Å². The Morgan fingerprint density at radius 2 is 1.86 bits per heavy atom. The van der Waals surface area contributed by atoms with E-state index in [0.29, 0.717) is 28.6 Å². The summed E-state index contributed by atoms with van der Waals surface area (Å²) in [6, 6.07) is 11.2. The molecule has 2 aromatic rings. The Kier molecular flexibility index (Phi) is 3.89. The van der Waals surface area contributed by atoms with Gasteiger partial charge in [-0.1, -0.05) is 18.2 Å². The van der Waals surface area contributed by atoms with Crippen molar-refractivity contribution in [1.82, 2.24) is 0 Å². The summed E-state index contributed by atoms with van der Waals surface area (Å²) in [6.45, 7) is 0. The minimum Gasteiger partial charge on any atom is -0.268 e. The summed E-state index contributed by atoms with van der Waals surface area (Å²) >= 11 is 10.8. The van der Waals surface area contributed by atoms with Gasteiger partial charge < -0.3 is 0 Å². The lowest BCUT2D eigenvalue weighted by molar-refractivity contribution is -0.289. The first-order valence-electron chi connectivity index (χ1n) is 6.51. The smallest absolute Gasteiger partial charge is 0.268 e. The van der Waals surface area contributed by atoms with Gasteiger partial charge in [0.15, 0.2) is 11.6 Å². The van der Waals surface area contributed by atoms with Crippen molar-refractivity contribution in [2.75, 3.05) is 10.2 Å². The van der Waals surface area contributed by atoms with Crippen molar-refractivity contribution in [1.29, 1.82) is 0 Å². The molecule has 0 unspecified atom stereocenters. The first-order valence-corrected chi connectivity index (χ1v) is 8.89. The summed E-state index contributed by atoms with van der Waals surface area (Å²) in [5.41, 5.74) is 1.20. The van der Waals surface area contributed by atoms with E-state index in [4.69, 9.17) is 23.2 Å². The summed E-state index contributed by atoms with van der Waals surface area (Å²) in [6.07, 6.45) is 0.472. The Morgan fingerprint density at radius 3 is 2.59 bits per heavy atom. The molecule has 0 aromatic heterocycles. The number of carbonyl (C=O) groups is 1. The Balaban J connectivity index is 2.21. The van der Waals surface area contributed by atoms with Gasteiger partial charge in [0.25, 0.3) is 15.9 Å². The van der Waals surface area contributed by atoms with Crippen molar-refractivity contribution in [3.05, 3.63) is 58.6 Å². The first kappa shape index (κ1) is 15.3. The highest BCUT2D eigenvalue weighted by molar-refractivity contribution is 7.94. The van der Waals surface area contributed by atoms with Crippen LogP contribution in [0.25, 0.3) is 0 Å². The number of halogens is 2. The van der Waals surface area contributed by atoms with E-state index in [0.717, 1.165) is 4.31 Å². The molecule has 0 bridgehead atoms. The predicted octanol–water partition coefficient (Wildman–Crippen LogP) is 2.51. The van der Waals surface area contributed by atoms with Gasteiger partial charge in [0.05, 0.1) is 11.3 Å². The molecule has 0 saturated heterocycles. The molecule has 3 rings (SSSR count). The van der Waals surface area contributed by atoms with Gasteiger partial charge in [-0.15, -0.1) is 11.6 Å². The second-order valence-electron chi connectivity index (χ2n) is 4.80. The number of hydrogen-bond donors (Lipinski definition) is 0. The number of anilines is 1. The Hall–Kier alpha value is -1.56. The predicted molar refractivity (Wildman–Crippen MR) is 81.9 cm³/mol. The summed E-state index contributed by atoms with van der Waals surface area (Å²) in [4.78, 5) is 12.5. The van der Waals surface area contributed by atoms with Crippen molar-refractivity contribution in [2.24, 2.45) is 0 Å². The number of alkyl halides is 1. The van der Waals surface area contributed by atoms with Crippen LogP contribution in [0.5, 0.6) is 0 Å². The number of rotatable bonds is 3. The van der Waals surface area contributed by atoms with Gasteiger partial charge in [-0.3, -0.25) is 4.79 Å². The van der Waals surface area contributed by atoms with Crippen molar-refractivity contribution in [3.63, 3.8) is 0 Å². The molecule has 22 heavy (non-hydrogen) atoms. The number of para-hydroxylation sites is 1. The molecule has 114 valence electrons. The lowest BCUT2D eigenvalue weighted by Gasteiger charge is -2.18. The fourth-order valence-electron chi connectivity index (χ4n) is 2.47. The van der Waals surface area contributed by atoms with Gasteiger partial charge in [0, 0.05) is 18.0 Å². The molecule has 0 spiro atoms. The molecule has 0 N–H and O–H groups in total. The van der Waals surface area contributed by atoms with Crippen LogP contribution in [0.4, 0.5) is 5.69 Å². The third kappa shape index (κ3) is 2.29. The minimum absolute atomic E-state index is 0.0364. The Labute approximate surface area is 138 Å². The molecule has 0 saturated carbocycles. The topological polar surface area (TPSA) is 54.5 Å². The van der Waals surface area contributed by atoms with Gasteiger partial charge in [-0.05, 0) is 24.1 Å². The molecule has 0 fully saturated rings. The summed E-state index contributed by atoms with van der Waals surface area (Å²) in [5, 5.41) is 0.381. The maximum atomic E-state index is 12.7. The summed E-state index contributed by atoms with van der Waals surface area (Å²) in [7, 11) is -3.94. The van der Waals surface area contributed by atoms with Crippen LogP contribution >= 0.6 is 11.6 Å². The molecule has 1 aliphatic rings. The van der Waals surface area contributed by atoms with Crippen LogP contribution < -0.4 is 4.31 Å².